The molecule has 2 bridgehead atoms. The summed E-state index contributed by atoms with van der Waals surface area (Å²) in [5, 5.41) is 18.5. The fourth-order valence-electron chi connectivity index (χ4n) is 5.83. The van der Waals surface area contributed by atoms with E-state index in [-0.39, 0.29) is 12.0 Å². The number of amides is 1. The van der Waals surface area contributed by atoms with Crippen molar-refractivity contribution >= 4 is 11.9 Å². The van der Waals surface area contributed by atoms with E-state index in [9.17, 15) is 14.7 Å². The van der Waals surface area contributed by atoms with Crippen LogP contribution in [0, 0.1) is 12.8 Å². The Morgan fingerprint density at radius 2 is 1.70 bits per heavy atom. The van der Waals surface area contributed by atoms with Gasteiger partial charge in [-0.05, 0) is 18.1 Å². The minimum Gasteiger partial charge on any atom is -0.453 e. The number of hydrogen-bond donors (Lipinski definition) is 2. The van der Waals surface area contributed by atoms with Crippen LogP contribution < -0.4 is 5.32 Å². The first-order valence-electron chi connectivity index (χ1n) is 13.0. The molecule has 0 unspecified atom stereocenters. The first-order valence-corrected chi connectivity index (χ1v) is 13.0. The van der Waals surface area contributed by atoms with Gasteiger partial charge >= 0.3 is 5.97 Å². The summed E-state index contributed by atoms with van der Waals surface area (Å²) in [5.41, 5.74) is -0.591. The fraction of sp³-hybridized carbons (Fsp3) is 0.414. The summed E-state index contributed by atoms with van der Waals surface area (Å²) in [6.45, 7) is 5.99. The average molecular weight is 505 g/mol. The summed E-state index contributed by atoms with van der Waals surface area (Å²) in [5.74, 6) is 0.0422. The normalized spacial score (nSPS) is 23.0. The van der Waals surface area contributed by atoms with Gasteiger partial charge in [-0.3, -0.25) is 4.79 Å². The van der Waals surface area contributed by atoms with Crippen LogP contribution in [0.4, 0.5) is 0 Å². The van der Waals surface area contributed by atoms with E-state index >= 15 is 0 Å². The SMILES string of the molecule is Cc1cc(C(=O)NCCC[N+]23CCC(CC2)[C@@H](OC(=O)C(O)(c2ccccc2)c2ccccc2)C3)no1. The number of aromatic nitrogens is 1. The van der Waals surface area contributed by atoms with Crippen molar-refractivity contribution in [1.29, 1.82) is 0 Å². The lowest BCUT2D eigenvalue weighted by Gasteiger charge is -2.52. The lowest BCUT2D eigenvalue weighted by atomic mass is 9.82. The minimum absolute atomic E-state index is 0.234. The molecule has 3 aromatic rings. The highest BCUT2D eigenvalue weighted by Gasteiger charge is 2.50. The molecular weight excluding hydrogens is 470 g/mol. The van der Waals surface area contributed by atoms with Crippen LogP contribution in [0.2, 0.25) is 0 Å². The second-order valence-electron chi connectivity index (χ2n) is 10.4. The lowest BCUT2D eigenvalue weighted by Crippen LogP contribution is -2.65. The third-order valence-electron chi connectivity index (χ3n) is 7.93. The quantitative estimate of drug-likeness (QED) is 0.264. The Labute approximate surface area is 216 Å². The molecule has 0 aliphatic carbocycles. The highest BCUT2D eigenvalue weighted by atomic mass is 16.6. The monoisotopic (exact) mass is 504 g/mol. The van der Waals surface area contributed by atoms with Gasteiger partial charge in [0.25, 0.3) is 5.91 Å². The Morgan fingerprint density at radius 3 is 2.27 bits per heavy atom. The number of benzene rings is 2. The first kappa shape index (κ1) is 25.2. The van der Waals surface area contributed by atoms with E-state index in [0.29, 0.717) is 35.0 Å². The van der Waals surface area contributed by atoms with Crippen LogP contribution in [-0.2, 0) is 15.1 Å². The average Bonchev–Trinajstić information content (AvgIpc) is 3.38. The van der Waals surface area contributed by atoms with Gasteiger partial charge in [-0.1, -0.05) is 65.8 Å². The topological polar surface area (TPSA) is 102 Å². The van der Waals surface area contributed by atoms with Crippen molar-refractivity contribution in [3.63, 3.8) is 0 Å². The number of nitrogens with zero attached hydrogens (tertiary/aromatic N) is 2. The Morgan fingerprint density at radius 1 is 1.08 bits per heavy atom. The predicted octanol–water partition coefficient (Wildman–Crippen LogP) is 3.19. The number of nitrogens with one attached hydrogen (secondary N) is 1. The number of carbonyl (C=O) groups excluding carboxylic acids is 2. The van der Waals surface area contributed by atoms with Gasteiger partial charge in [-0.25, -0.2) is 4.79 Å². The Bertz CT molecular complexity index is 1180. The summed E-state index contributed by atoms with van der Waals surface area (Å²) in [7, 11) is 0. The molecule has 37 heavy (non-hydrogen) atoms. The number of hydrogen-bond acceptors (Lipinski definition) is 6. The zero-order chi connectivity index (χ0) is 25.9. The van der Waals surface area contributed by atoms with Gasteiger partial charge in [0, 0.05) is 37.8 Å². The largest absolute Gasteiger partial charge is 0.453 e. The van der Waals surface area contributed by atoms with E-state index in [1.165, 1.54) is 0 Å². The van der Waals surface area contributed by atoms with Gasteiger partial charge in [-0.2, -0.15) is 0 Å². The van der Waals surface area contributed by atoms with E-state index in [1.54, 1.807) is 37.3 Å². The molecule has 8 heteroatoms. The van der Waals surface area contributed by atoms with Gasteiger partial charge in [0.2, 0.25) is 5.60 Å². The molecule has 3 aliphatic heterocycles. The number of piperidine rings is 3. The summed E-state index contributed by atoms with van der Waals surface area (Å²) in [6, 6.07) is 19.6. The highest BCUT2D eigenvalue weighted by Crippen LogP contribution is 2.38. The van der Waals surface area contributed by atoms with Crippen molar-refractivity contribution in [3.05, 3.63) is 89.3 Å². The molecule has 1 aromatic heterocycles. The first-order chi connectivity index (χ1) is 17.9. The minimum atomic E-state index is -1.87. The smallest absolute Gasteiger partial charge is 0.348 e. The molecule has 1 atom stereocenters. The zero-order valence-corrected chi connectivity index (χ0v) is 21.1. The lowest BCUT2D eigenvalue weighted by molar-refractivity contribution is -0.946. The van der Waals surface area contributed by atoms with Crippen molar-refractivity contribution in [1.82, 2.24) is 10.5 Å². The van der Waals surface area contributed by atoms with Gasteiger partial charge in [0.15, 0.2) is 11.8 Å². The van der Waals surface area contributed by atoms with Crippen LogP contribution >= 0.6 is 0 Å². The molecule has 194 valence electrons. The third-order valence-corrected chi connectivity index (χ3v) is 7.93. The summed E-state index contributed by atoms with van der Waals surface area (Å²) in [4.78, 5) is 25.9. The molecule has 8 nitrogen and oxygen atoms in total. The second kappa shape index (κ2) is 10.5. The molecule has 0 saturated carbocycles. The number of fused-ring (bicyclic) bond motifs is 3. The van der Waals surface area contributed by atoms with Crippen LogP contribution in [-0.4, -0.2) is 65.5 Å². The molecule has 0 spiro atoms. The van der Waals surface area contributed by atoms with E-state index < -0.39 is 11.6 Å². The van der Waals surface area contributed by atoms with Crippen molar-refractivity contribution in [2.75, 3.05) is 32.7 Å². The Balaban J connectivity index is 1.24. The van der Waals surface area contributed by atoms with Gasteiger partial charge in [0.05, 0.1) is 19.6 Å². The molecule has 3 fully saturated rings. The Hall–Kier alpha value is -3.49. The molecule has 3 saturated heterocycles. The van der Waals surface area contributed by atoms with Gasteiger partial charge < -0.3 is 24.2 Å². The van der Waals surface area contributed by atoms with Crippen molar-refractivity contribution in [2.45, 2.75) is 37.9 Å². The molecule has 1 amide bonds. The van der Waals surface area contributed by atoms with Crippen molar-refractivity contribution < 1.29 is 28.4 Å². The summed E-state index contributed by atoms with van der Waals surface area (Å²) >= 11 is 0. The maximum Gasteiger partial charge on any atom is 0.348 e. The summed E-state index contributed by atoms with van der Waals surface area (Å²) < 4.78 is 12.0. The third kappa shape index (κ3) is 5.17. The molecule has 2 N–H and O–H groups in total. The molecule has 2 aromatic carbocycles. The molecule has 3 aliphatic rings. The number of carbonyl (C=O) groups is 2. The maximum absolute atomic E-state index is 13.6. The maximum atomic E-state index is 13.6. The Kier molecular flexibility index (Phi) is 7.13. The number of esters is 1. The fourth-order valence-corrected chi connectivity index (χ4v) is 5.83. The molecular formula is C29H34N3O5+. The van der Waals surface area contributed by atoms with Crippen LogP contribution in [0.3, 0.4) is 0 Å². The number of aliphatic hydroxyl groups is 1. The number of quaternary nitrogens is 1. The summed E-state index contributed by atoms with van der Waals surface area (Å²) in [6.07, 6.45) is 2.53. The van der Waals surface area contributed by atoms with E-state index in [2.05, 4.69) is 10.5 Å². The molecule has 0 radical (unpaired) electrons. The van der Waals surface area contributed by atoms with Crippen molar-refractivity contribution in [3.8, 4) is 0 Å². The van der Waals surface area contributed by atoms with Crippen molar-refractivity contribution in [2.24, 2.45) is 5.92 Å². The van der Waals surface area contributed by atoms with Gasteiger partial charge in [0.1, 0.15) is 12.3 Å². The van der Waals surface area contributed by atoms with Crippen LogP contribution in [0.15, 0.2) is 71.3 Å². The zero-order valence-electron chi connectivity index (χ0n) is 21.1. The van der Waals surface area contributed by atoms with E-state index in [4.69, 9.17) is 9.26 Å². The van der Waals surface area contributed by atoms with Crippen LogP contribution in [0.1, 0.15) is 46.6 Å². The number of rotatable bonds is 9. The van der Waals surface area contributed by atoms with Crippen LogP contribution in [0.5, 0.6) is 0 Å². The second-order valence-corrected chi connectivity index (χ2v) is 10.4. The predicted molar refractivity (Wildman–Crippen MR) is 136 cm³/mol. The highest BCUT2D eigenvalue weighted by molar-refractivity contribution is 5.92. The van der Waals surface area contributed by atoms with Crippen LogP contribution in [0.25, 0.3) is 0 Å². The number of aryl methyl sites for hydroxylation is 1. The van der Waals surface area contributed by atoms with E-state index in [0.717, 1.165) is 49.9 Å². The number of ether oxygens (including phenoxy) is 1. The standard InChI is InChI=1S/C29H33N3O5/c1-21-19-25(31-37-21)27(33)30-15-8-16-32-17-13-22(14-18-32)26(20-32)36-28(34)29(35,23-9-4-2-5-10-23)24-11-6-3-7-12-24/h2-7,9-12,19,22,26,35H,8,13-18,20H2,1H3/p+1/t22?,26-,32?/m0/s1. The molecule has 4 heterocycles. The van der Waals surface area contributed by atoms with E-state index in [1.807, 2.05) is 36.4 Å². The van der Waals surface area contributed by atoms with Gasteiger partial charge in [-0.15, -0.1) is 0 Å². The molecule has 6 rings (SSSR count).